The summed E-state index contributed by atoms with van der Waals surface area (Å²) in [5.41, 5.74) is 6.78. The number of aryl methyl sites for hydroxylation is 1. The van der Waals surface area contributed by atoms with Gasteiger partial charge in [0.2, 0.25) is 0 Å². The summed E-state index contributed by atoms with van der Waals surface area (Å²) >= 11 is 1.67. The molecular weight excluding hydrogens is 234 g/mol. The Kier molecular flexibility index (Phi) is 6.22. The fourth-order valence-electron chi connectivity index (χ4n) is 1.75. The highest BCUT2D eigenvalue weighted by atomic mass is 32.2. The average molecular weight is 255 g/mol. The van der Waals surface area contributed by atoms with E-state index in [1.165, 1.54) is 5.56 Å². The quantitative estimate of drug-likeness (QED) is 0.601. The molecule has 0 atom stereocenters. The van der Waals surface area contributed by atoms with Gasteiger partial charge >= 0.3 is 0 Å². The van der Waals surface area contributed by atoms with Crippen LogP contribution in [0.3, 0.4) is 0 Å². The Balaban J connectivity index is 2.92. The van der Waals surface area contributed by atoms with Gasteiger partial charge in [-0.2, -0.15) is 0 Å². The molecule has 2 N–H and O–H groups in total. The van der Waals surface area contributed by atoms with Gasteiger partial charge in [0.15, 0.2) is 11.5 Å². The molecule has 0 fully saturated rings. The summed E-state index contributed by atoms with van der Waals surface area (Å²) in [4.78, 5) is 1.12. The van der Waals surface area contributed by atoms with E-state index in [2.05, 4.69) is 12.1 Å². The summed E-state index contributed by atoms with van der Waals surface area (Å²) in [6, 6.07) is 4.22. The van der Waals surface area contributed by atoms with Crippen molar-refractivity contribution in [3.8, 4) is 11.5 Å². The van der Waals surface area contributed by atoms with Gasteiger partial charge in [0.25, 0.3) is 0 Å². The van der Waals surface area contributed by atoms with Crippen LogP contribution >= 0.6 is 11.8 Å². The van der Waals surface area contributed by atoms with Crippen LogP contribution in [0.5, 0.6) is 11.5 Å². The molecule has 0 amide bonds. The van der Waals surface area contributed by atoms with E-state index in [0.717, 1.165) is 42.2 Å². The molecule has 1 aromatic carbocycles. The molecule has 0 radical (unpaired) electrons. The Bertz CT molecular complexity index is 330. The average Bonchev–Trinajstić information content (AvgIpc) is 2.37. The van der Waals surface area contributed by atoms with E-state index in [1.54, 1.807) is 26.0 Å². The fraction of sp³-hybridized carbons (Fsp3) is 0.538. The minimum absolute atomic E-state index is 0.753. The Morgan fingerprint density at radius 2 is 1.94 bits per heavy atom. The van der Waals surface area contributed by atoms with Crippen molar-refractivity contribution in [1.29, 1.82) is 0 Å². The molecule has 0 saturated carbocycles. The molecule has 0 saturated heterocycles. The number of methoxy groups -OCH3 is 2. The number of hydrogen-bond acceptors (Lipinski definition) is 4. The summed E-state index contributed by atoms with van der Waals surface area (Å²) in [5, 5.41) is 0. The molecule has 0 aliphatic carbocycles. The second kappa shape index (κ2) is 7.45. The number of benzene rings is 1. The Morgan fingerprint density at radius 3 is 2.47 bits per heavy atom. The molecule has 0 bridgehead atoms. The van der Waals surface area contributed by atoms with E-state index in [-0.39, 0.29) is 0 Å². The second-order valence-corrected chi connectivity index (χ2v) is 4.63. The third kappa shape index (κ3) is 3.82. The minimum Gasteiger partial charge on any atom is -0.493 e. The lowest BCUT2D eigenvalue weighted by Crippen LogP contribution is -2.00. The molecule has 1 rings (SSSR count). The van der Waals surface area contributed by atoms with Crippen molar-refractivity contribution < 1.29 is 9.47 Å². The molecule has 3 nitrogen and oxygen atoms in total. The third-order valence-electron chi connectivity index (χ3n) is 2.64. The molecule has 0 heterocycles. The Morgan fingerprint density at radius 1 is 1.18 bits per heavy atom. The van der Waals surface area contributed by atoms with E-state index in [1.807, 2.05) is 6.26 Å². The van der Waals surface area contributed by atoms with Gasteiger partial charge in [0.1, 0.15) is 0 Å². The first-order valence-electron chi connectivity index (χ1n) is 5.75. The maximum atomic E-state index is 5.50. The number of hydrogen-bond donors (Lipinski definition) is 1. The van der Waals surface area contributed by atoms with Crippen LogP contribution in [0.2, 0.25) is 0 Å². The molecule has 0 unspecified atom stereocenters. The largest absolute Gasteiger partial charge is 0.493 e. The maximum absolute atomic E-state index is 5.50. The first-order chi connectivity index (χ1) is 8.26. The van der Waals surface area contributed by atoms with Crippen molar-refractivity contribution in [1.82, 2.24) is 0 Å². The lowest BCUT2D eigenvalue weighted by molar-refractivity contribution is 0.347. The van der Waals surface area contributed by atoms with Gasteiger partial charge in [0, 0.05) is 0 Å². The van der Waals surface area contributed by atoms with E-state index < -0.39 is 0 Å². The van der Waals surface area contributed by atoms with Gasteiger partial charge in [-0.1, -0.05) is 0 Å². The van der Waals surface area contributed by atoms with Crippen LogP contribution in [0.15, 0.2) is 17.0 Å². The Labute approximate surface area is 108 Å². The van der Waals surface area contributed by atoms with Crippen LogP contribution < -0.4 is 15.2 Å². The van der Waals surface area contributed by atoms with Crippen molar-refractivity contribution >= 4 is 11.8 Å². The smallest absolute Gasteiger partial charge is 0.174 e. The molecule has 0 aliphatic rings. The predicted octanol–water partition coefficient (Wildman–Crippen LogP) is 2.71. The molecule has 0 aliphatic heterocycles. The lowest BCUT2D eigenvalue weighted by atomic mass is 10.1. The molecule has 4 heteroatoms. The number of unbranched alkanes of at least 4 members (excludes halogenated alkanes) is 1. The number of rotatable bonds is 7. The summed E-state index contributed by atoms with van der Waals surface area (Å²) in [7, 11) is 3.34. The van der Waals surface area contributed by atoms with Crippen LogP contribution in [-0.2, 0) is 6.42 Å². The summed E-state index contributed by atoms with van der Waals surface area (Å²) in [6.07, 6.45) is 5.24. The van der Waals surface area contributed by atoms with Crippen LogP contribution in [-0.4, -0.2) is 27.0 Å². The second-order valence-electron chi connectivity index (χ2n) is 3.78. The van der Waals surface area contributed by atoms with Crippen molar-refractivity contribution in [2.24, 2.45) is 5.73 Å². The maximum Gasteiger partial charge on any atom is 0.174 e. The van der Waals surface area contributed by atoms with E-state index in [4.69, 9.17) is 15.2 Å². The third-order valence-corrected chi connectivity index (χ3v) is 3.39. The molecule has 17 heavy (non-hydrogen) atoms. The zero-order valence-electron chi connectivity index (χ0n) is 10.8. The van der Waals surface area contributed by atoms with Gasteiger partial charge < -0.3 is 15.2 Å². The molecular formula is C13H21NO2S. The Hall–Kier alpha value is -0.870. The lowest BCUT2D eigenvalue weighted by Gasteiger charge is -2.13. The SMILES string of the molecule is COc1cc(CCCCN)cc(SC)c1OC. The highest BCUT2D eigenvalue weighted by Crippen LogP contribution is 2.38. The highest BCUT2D eigenvalue weighted by Gasteiger charge is 2.11. The van der Waals surface area contributed by atoms with Gasteiger partial charge in [-0.3, -0.25) is 0 Å². The summed E-state index contributed by atoms with van der Waals surface area (Å²) in [6.45, 7) is 0.753. The highest BCUT2D eigenvalue weighted by molar-refractivity contribution is 7.98. The molecule has 0 aromatic heterocycles. The molecule has 0 spiro atoms. The zero-order chi connectivity index (χ0) is 12.7. The van der Waals surface area contributed by atoms with Crippen LogP contribution in [0.4, 0.5) is 0 Å². The first kappa shape index (κ1) is 14.2. The first-order valence-corrected chi connectivity index (χ1v) is 6.98. The van der Waals surface area contributed by atoms with Crippen LogP contribution in [0.25, 0.3) is 0 Å². The van der Waals surface area contributed by atoms with Crippen molar-refractivity contribution in [2.75, 3.05) is 27.0 Å². The zero-order valence-corrected chi connectivity index (χ0v) is 11.6. The minimum atomic E-state index is 0.753. The van der Waals surface area contributed by atoms with Crippen molar-refractivity contribution in [3.05, 3.63) is 17.7 Å². The van der Waals surface area contributed by atoms with E-state index in [9.17, 15) is 0 Å². The number of thioether (sulfide) groups is 1. The van der Waals surface area contributed by atoms with Crippen molar-refractivity contribution in [3.63, 3.8) is 0 Å². The molecule has 1 aromatic rings. The fourth-order valence-corrected chi connectivity index (χ4v) is 2.39. The normalized spacial score (nSPS) is 10.4. The number of nitrogens with two attached hydrogens (primary N) is 1. The topological polar surface area (TPSA) is 44.5 Å². The van der Waals surface area contributed by atoms with Gasteiger partial charge in [-0.15, -0.1) is 11.8 Å². The summed E-state index contributed by atoms with van der Waals surface area (Å²) < 4.78 is 10.7. The summed E-state index contributed by atoms with van der Waals surface area (Å²) in [5.74, 6) is 1.63. The predicted molar refractivity (Wildman–Crippen MR) is 73.3 cm³/mol. The standard InChI is InChI=1S/C13H21NO2S/c1-15-11-8-10(6-4-5-7-14)9-12(17-3)13(11)16-2/h8-9H,4-7,14H2,1-3H3. The van der Waals surface area contributed by atoms with Gasteiger partial charge in [0.05, 0.1) is 19.1 Å². The van der Waals surface area contributed by atoms with Gasteiger partial charge in [-0.25, -0.2) is 0 Å². The number of ether oxygens (including phenoxy) is 2. The monoisotopic (exact) mass is 255 g/mol. The van der Waals surface area contributed by atoms with E-state index in [0.29, 0.717) is 0 Å². The van der Waals surface area contributed by atoms with Crippen LogP contribution in [0, 0.1) is 0 Å². The van der Waals surface area contributed by atoms with Crippen molar-refractivity contribution in [2.45, 2.75) is 24.2 Å². The molecule has 96 valence electrons. The van der Waals surface area contributed by atoms with Crippen LogP contribution in [0.1, 0.15) is 18.4 Å². The van der Waals surface area contributed by atoms with Gasteiger partial charge in [-0.05, 0) is 49.8 Å². The van der Waals surface area contributed by atoms with E-state index >= 15 is 0 Å².